The van der Waals surface area contributed by atoms with E-state index in [4.69, 9.17) is 0 Å². The van der Waals surface area contributed by atoms with Crippen molar-refractivity contribution in [1.29, 1.82) is 0 Å². The molecule has 4 aromatic rings. The fourth-order valence-corrected chi connectivity index (χ4v) is 8.80. The van der Waals surface area contributed by atoms with E-state index in [0.29, 0.717) is 25.7 Å². The Morgan fingerprint density at radius 3 is 1.29 bits per heavy atom. The van der Waals surface area contributed by atoms with Crippen LogP contribution in [0.1, 0.15) is 127 Å². The standard InChI is InChI=1S/C43H54N2O4/c1-3-41(4-2,39(46)44-37(42(48)27-13-5-6-14-28-42)35-25-17-21-31-19-9-11-23-33(31)35)40(47)45-38(43(49)29-15-7-8-16-30-43)36-26-18-22-32-20-10-12-24-34(32)36/h9-12,17-26,37-38,48-49H,3-8,13-16,27-30H2,1-2H3,(H,44,46)(H,45,47). The second kappa shape index (κ2) is 15.0. The Balaban J connectivity index is 1.39. The molecule has 2 atom stereocenters. The van der Waals surface area contributed by atoms with E-state index in [1.165, 1.54) is 0 Å². The third-order valence-corrected chi connectivity index (χ3v) is 11.9. The van der Waals surface area contributed by atoms with Crippen LogP contribution in [-0.2, 0) is 9.59 Å². The lowest BCUT2D eigenvalue weighted by atomic mass is 9.76. The Kier molecular flexibility index (Phi) is 10.8. The second-order valence-corrected chi connectivity index (χ2v) is 14.8. The van der Waals surface area contributed by atoms with Crippen molar-refractivity contribution in [2.45, 2.75) is 127 Å². The molecule has 260 valence electrons. The molecule has 0 spiro atoms. The molecule has 4 aromatic carbocycles. The molecule has 4 N–H and O–H groups in total. The first kappa shape index (κ1) is 35.1. The highest BCUT2D eigenvalue weighted by Crippen LogP contribution is 2.43. The predicted octanol–water partition coefficient (Wildman–Crippen LogP) is 8.98. The first-order chi connectivity index (χ1) is 23.7. The Hall–Kier alpha value is -3.74. The van der Waals surface area contributed by atoms with Crippen LogP contribution in [-0.4, -0.2) is 33.2 Å². The Morgan fingerprint density at radius 1 is 0.571 bits per heavy atom. The smallest absolute Gasteiger partial charge is 0.236 e. The molecule has 49 heavy (non-hydrogen) atoms. The summed E-state index contributed by atoms with van der Waals surface area (Å²) in [6, 6.07) is 26.9. The minimum Gasteiger partial charge on any atom is -0.387 e. The third kappa shape index (κ3) is 7.00. The van der Waals surface area contributed by atoms with Crippen molar-refractivity contribution >= 4 is 33.4 Å². The zero-order chi connectivity index (χ0) is 34.5. The first-order valence-corrected chi connectivity index (χ1v) is 18.8. The second-order valence-electron chi connectivity index (χ2n) is 14.8. The lowest BCUT2D eigenvalue weighted by Gasteiger charge is -2.41. The Morgan fingerprint density at radius 2 is 0.918 bits per heavy atom. The SMILES string of the molecule is CCC(CC)(C(=O)NC(c1cccc2ccccc12)C1(O)CCCCCC1)C(=O)NC(c1cccc2ccccc12)C1(O)CCCCCC1. The summed E-state index contributed by atoms with van der Waals surface area (Å²) in [6.45, 7) is 3.78. The lowest BCUT2D eigenvalue weighted by Crippen LogP contribution is -2.57. The summed E-state index contributed by atoms with van der Waals surface area (Å²) >= 11 is 0. The molecule has 0 radical (unpaired) electrons. The molecule has 0 bridgehead atoms. The fourth-order valence-electron chi connectivity index (χ4n) is 8.80. The molecule has 2 unspecified atom stereocenters. The zero-order valence-electron chi connectivity index (χ0n) is 29.3. The fraction of sp³-hybridized carbons (Fsp3) is 0.488. The Bertz CT molecular complexity index is 1610. The molecule has 0 aliphatic heterocycles. The minimum absolute atomic E-state index is 0.280. The van der Waals surface area contributed by atoms with Crippen LogP contribution in [0.15, 0.2) is 84.9 Å². The monoisotopic (exact) mass is 662 g/mol. The average molecular weight is 663 g/mol. The van der Waals surface area contributed by atoms with Gasteiger partial charge in [-0.05, 0) is 71.2 Å². The van der Waals surface area contributed by atoms with Crippen LogP contribution in [0.25, 0.3) is 21.5 Å². The van der Waals surface area contributed by atoms with Crippen LogP contribution >= 0.6 is 0 Å². The van der Waals surface area contributed by atoms with E-state index in [1.807, 2.05) is 74.5 Å². The highest BCUT2D eigenvalue weighted by atomic mass is 16.3. The van der Waals surface area contributed by atoms with Gasteiger partial charge in [-0.1, -0.05) is 150 Å². The van der Waals surface area contributed by atoms with Crippen molar-refractivity contribution in [2.24, 2.45) is 5.41 Å². The molecular formula is C43H54N2O4. The minimum atomic E-state index is -1.41. The van der Waals surface area contributed by atoms with Crippen molar-refractivity contribution in [3.05, 3.63) is 96.1 Å². The number of fused-ring (bicyclic) bond motifs is 2. The van der Waals surface area contributed by atoms with Crippen LogP contribution in [0.2, 0.25) is 0 Å². The van der Waals surface area contributed by atoms with Gasteiger partial charge in [0.2, 0.25) is 11.8 Å². The van der Waals surface area contributed by atoms with Gasteiger partial charge in [-0.25, -0.2) is 0 Å². The Labute approximate surface area is 291 Å². The van der Waals surface area contributed by atoms with Gasteiger partial charge in [0.05, 0.1) is 23.3 Å². The summed E-state index contributed by atoms with van der Waals surface area (Å²) < 4.78 is 0. The topological polar surface area (TPSA) is 98.7 Å². The van der Waals surface area contributed by atoms with Gasteiger partial charge in [0, 0.05) is 0 Å². The van der Waals surface area contributed by atoms with Crippen molar-refractivity contribution in [2.75, 3.05) is 0 Å². The van der Waals surface area contributed by atoms with Crippen LogP contribution < -0.4 is 10.6 Å². The highest BCUT2D eigenvalue weighted by molar-refractivity contribution is 6.05. The number of hydrogen-bond donors (Lipinski definition) is 4. The molecule has 2 fully saturated rings. The number of carbonyl (C=O) groups is 2. The summed E-state index contributed by atoms with van der Waals surface area (Å²) in [7, 11) is 0. The number of aliphatic hydroxyl groups is 2. The van der Waals surface area contributed by atoms with Crippen LogP contribution in [0.3, 0.4) is 0 Å². The summed E-state index contributed by atoms with van der Waals surface area (Å²) in [5.41, 5.74) is -1.96. The van der Waals surface area contributed by atoms with Crippen molar-refractivity contribution < 1.29 is 19.8 Å². The van der Waals surface area contributed by atoms with Crippen molar-refractivity contribution in [1.82, 2.24) is 10.6 Å². The van der Waals surface area contributed by atoms with Gasteiger partial charge in [-0.2, -0.15) is 0 Å². The molecule has 0 aromatic heterocycles. The summed E-state index contributed by atoms with van der Waals surface area (Å²) in [5, 5.41) is 35.5. The van der Waals surface area contributed by atoms with Gasteiger partial charge in [0.1, 0.15) is 5.41 Å². The summed E-state index contributed by atoms with van der Waals surface area (Å²) in [6.07, 6.45) is 10.6. The molecule has 0 heterocycles. The van der Waals surface area contributed by atoms with Gasteiger partial charge in [0.25, 0.3) is 0 Å². The molecule has 2 aliphatic rings. The van der Waals surface area contributed by atoms with E-state index < -0.39 is 28.7 Å². The molecule has 2 aliphatic carbocycles. The van der Waals surface area contributed by atoms with E-state index in [1.54, 1.807) is 0 Å². The van der Waals surface area contributed by atoms with E-state index >= 15 is 0 Å². The lowest BCUT2D eigenvalue weighted by molar-refractivity contribution is -0.148. The molecule has 2 amide bonds. The summed E-state index contributed by atoms with van der Waals surface area (Å²) in [4.78, 5) is 29.7. The van der Waals surface area contributed by atoms with Crippen molar-refractivity contribution in [3.63, 3.8) is 0 Å². The third-order valence-electron chi connectivity index (χ3n) is 11.9. The number of nitrogens with one attached hydrogen (secondary N) is 2. The maximum atomic E-state index is 14.9. The molecule has 0 saturated heterocycles. The van der Waals surface area contributed by atoms with Crippen LogP contribution in [0.5, 0.6) is 0 Å². The molecule has 6 nitrogen and oxygen atoms in total. The number of benzene rings is 4. The average Bonchev–Trinajstić information content (AvgIpc) is 3.50. The maximum absolute atomic E-state index is 14.9. The molecular weight excluding hydrogens is 608 g/mol. The maximum Gasteiger partial charge on any atom is 0.236 e. The number of carbonyl (C=O) groups excluding carboxylic acids is 2. The quantitative estimate of drug-likeness (QED) is 0.101. The van der Waals surface area contributed by atoms with Gasteiger partial charge in [-0.3, -0.25) is 9.59 Å². The van der Waals surface area contributed by atoms with E-state index in [2.05, 4.69) is 34.9 Å². The van der Waals surface area contributed by atoms with Crippen LogP contribution in [0, 0.1) is 5.41 Å². The van der Waals surface area contributed by atoms with E-state index in [-0.39, 0.29) is 24.7 Å². The van der Waals surface area contributed by atoms with E-state index in [0.717, 1.165) is 84.0 Å². The first-order valence-electron chi connectivity index (χ1n) is 18.8. The zero-order valence-corrected chi connectivity index (χ0v) is 29.3. The normalized spacial score (nSPS) is 19.3. The van der Waals surface area contributed by atoms with Gasteiger partial charge >= 0.3 is 0 Å². The predicted molar refractivity (Wildman–Crippen MR) is 198 cm³/mol. The van der Waals surface area contributed by atoms with Gasteiger partial charge in [-0.15, -0.1) is 0 Å². The van der Waals surface area contributed by atoms with E-state index in [9.17, 15) is 19.8 Å². The van der Waals surface area contributed by atoms with Gasteiger partial charge < -0.3 is 20.8 Å². The largest absolute Gasteiger partial charge is 0.387 e. The van der Waals surface area contributed by atoms with Gasteiger partial charge in [0.15, 0.2) is 0 Å². The molecule has 6 heteroatoms. The molecule has 2 saturated carbocycles. The highest BCUT2D eigenvalue weighted by Gasteiger charge is 2.49. The number of rotatable bonds is 10. The van der Waals surface area contributed by atoms with Crippen molar-refractivity contribution in [3.8, 4) is 0 Å². The number of amides is 2. The number of hydrogen-bond acceptors (Lipinski definition) is 4. The molecule has 6 rings (SSSR count). The van der Waals surface area contributed by atoms with Crippen LogP contribution in [0.4, 0.5) is 0 Å². The summed E-state index contributed by atoms with van der Waals surface area (Å²) in [5.74, 6) is -0.759.